The van der Waals surface area contributed by atoms with Crippen LogP contribution in [0.1, 0.15) is 41.3 Å². The molecule has 3 aromatic rings. The predicted octanol–water partition coefficient (Wildman–Crippen LogP) is 5.16. The number of hydrogen-bond donors (Lipinski definition) is 0. The minimum absolute atomic E-state index is 0.0388. The summed E-state index contributed by atoms with van der Waals surface area (Å²) in [5.74, 6) is 0.200. The van der Waals surface area contributed by atoms with Crippen LogP contribution in [-0.2, 0) is 15.3 Å². The van der Waals surface area contributed by atoms with Crippen LogP contribution in [0.5, 0.6) is 0 Å². The third-order valence-corrected chi connectivity index (χ3v) is 6.87. The molecule has 1 aromatic heterocycles. The predicted molar refractivity (Wildman–Crippen MR) is 133 cm³/mol. The number of amides is 1. The summed E-state index contributed by atoms with van der Waals surface area (Å²) in [7, 11) is 0. The number of aryl methyl sites for hydroxylation is 1. The molecule has 1 aliphatic rings. The Kier molecular flexibility index (Phi) is 7.95. The van der Waals surface area contributed by atoms with Gasteiger partial charge in [-0.3, -0.25) is 9.59 Å². The lowest BCUT2D eigenvalue weighted by Crippen LogP contribution is -2.42. The molecule has 0 spiro atoms. The fraction of sp³-hybridized carbons (Fsp3) is 0.333. The molecule has 34 heavy (non-hydrogen) atoms. The summed E-state index contributed by atoms with van der Waals surface area (Å²) in [6.45, 7) is 5.31. The maximum absolute atomic E-state index is 13.1. The van der Waals surface area contributed by atoms with Crippen LogP contribution < -0.4 is 0 Å². The molecule has 1 amide bonds. The minimum atomic E-state index is -0.238. The van der Waals surface area contributed by atoms with Crippen LogP contribution in [0.2, 0.25) is 0 Å². The van der Waals surface area contributed by atoms with E-state index in [1.807, 2.05) is 48.5 Å². The molecule has 1 unspecified atom stereocenters. The average Bonchev–Trinajstić information content (AvgIpc) is 2.88. The van der Waals surface area contributed by atoms with Gasteiger partial charge >= 0.3 is 5.97 Å². The van der Waals surface area contributed by atoms with Crippen LogP contribution in [0.25, 0.3) is 11.3 Å². The molecule has 1 fully saturated rings. The van der Waals surface area contributed by atoms with E-state index >= 15 is 0 Å². The fourth-order valence-electron chi connectivity index (χ4n) is 4.02. The summed E-state index contributed by atoms with van der Waals surface area (Å²) >= 11 is 1.59. The summed E-state index contributed by atoms with van der Waals surface area (Å²) in [5, 5.41) is 9.55. The van der Waals surface area contributed by atoms with Crippen molar-refractivity contribution in [3.63, 3.8) is 0 Å². The van der Waals surface area contributed by atoms with Gasteiger partial charge in [0.2, 0.25) is 0 Å². The lowest BCUT2D eigenvalue weighted by molar-refractivity contribution is -0.149. The van der Waals surface area contributed by atoms with Gasteiger partial charge in [-0.1, -0.05) is 53.7 Å². The first-order valence-corrected chi connectivity index (χ1v) is 12.6. The molecule has 1 aliphatic heterocycles. The van der Waals surface area contributed by atoms with Crippen molar-refractivity contribution in [2.45, 2.75) is 37.5 Å². The number of carbonyl (C=O) groups excluding carboxylic acids is 2. The van der Waals surface area contributed by atoms with Gasteiger partial charge in [0.05, 0.1) is 18.2 Å². The second-order valence-electron chi connectivity index (χ2n) is 8.45. The van der Waals surface area contributed by atoms with E-state index < -0.39 is 0 Å². The van der Waals surface area contributed by atoms with Gasteiger partial charge in [-0.15, -0.1) is 10.2 Å². The van der Waals surface area contributed by atoms with E-state index in [0.717, 1.165) is 34.7 Å². The topological polar surface area (TPSA) is 72.4 Å². The SMILES string of the molecule is CCOC(=O)C1CCCN(C(=O)c2cccc(CSc3ccc(-c4ccc(C)cc4)nn3)c2)C1. The summed E-state index contributed by atoms with van der Waals surface area (Å²) in [6.07, 6.45) is 1.57. The number of aromatic nitrogens is 2. The summed E-state index contributed by atoms with van der Waals surface area (Å²) in [5.41, 5.74) is 4.79. The van der Waals surface area contributed by atoms with Crippen LogP contribution in [0.3, 0.4) is 0 Å². The minimum Gasteiger partial charge on any atom is -0.466 e. The van der Waals surface area contributed by atoms with Crippen LogP contribution in [0.15, 0.2) is 65.7 Å². The van der Waals surface area contributed by atoms with E-state index in [0.29, 0.717) is 31.0 Å². The Morgan fingerprint density at radius 1 is 1.09 bits per heavy atom. The van der Waals surface area contributed by atoms with Crippen LogP contribution >= 0.6 is 11.8 Å². The molecule has 1 saturated heterocycles. The number of likely N-dealkylation sites (tertiary alicyclic amines) is 1. The number of piperidine rings is 1. The van der Waals surface area contributed by atoms with Crippen molar-refractivity contribution < 1.29 is 14.3 Å². The summed E-state index contributed by atoms with van der Waals surface area (Å²) in [6, 6.07) is 19.9. The number of carbonyl (C=O) groups is 2. The highest BCUT2D eigenvalue weighted by Gasteiger charge is 2.29. The van der Waals surface area contributed by atoms with Crippen LogP contribution in [-0.4, -0.2) is 46.7 Å². The van der Waals surface area contributed by atoms with E-state index in [-0.39, 0.29) is 17.8 Å². The van der Waals surface area contributed by atoms with E-state index in [2.05, 4.69) is 29.3 Å². The molecule has 176 valence electrons. The van der Waals surface area contributed by atoms with Crippen molar-refractivity contribution in [1.82, 2.24) is 15.1 Å². The normalized spacial score (nSPS) is 15.7. The Hall–Kier alpha value is -3.19. The molecular formula is C27H29N3O3S. The molecule has 6 nitrogen and oxygen atoms in total. The third kappa shape index (κ3) is 6.03. The van der Waals surface area contributed by atoms with Crippen LogP contribution in [0, 0.1) is 12.8 Å². The number of ether oxygens (including phenoxy) is 1. The van der Waals surface area contributed by atoms with Crippen molar-refractivity contribution in [2.24, 2.45) is 5.92 Å². The smallest absolute Gasteiger partial charge is 0.310 e. The fourth-order valence-corrected chi connectivity index (χ4v) is 4.78. The second kappa shape index (κ2) is 11.3. The lowest BCUT2D eigenvalue weighted by Gasteiger charge is -2.31. The molecule has 7 heteroatoms. The van der Waals surface area contributed by atoms with E-state index in [4.69, 9.17) is 4.74 Å². The quantitative estimate of drug-likeness (QED) is 0.347. The number of benzene rings is 2. The molecule has 0 saturated carbocycles. The molecule has 1 atom stereocenters. The van der Waals surface area contributed by atoms with Crippen molar-refractivity contribution >= 4 is 23.6 Å². The van der Waals surface area contributed by atoms with Gasteiger partial charge in [0.15, 0.2) is 0 Å². The van der Waals surface area contributed by atoms with E-state index in [9.17, 15) is 9.59 Å². The van der Waals surface area contributed by atoms with Crippen molar-refractivity contribution in [3.8, 4) is 11.3 Å². The Labute approximate surface area is 204 Å². The Morgan fingerprint density at radius 3 is 2.65 bits per heavy atom. The van der Waals surface area contributed by atoms with Crippen molar-refractivity contribution in [3.05, 3.63) is 77.4 Å². The number of rotatable bonds is 7. The number of esters is 1. The zero-order valence-electron chi connectivity index (χ0n) is 19.6. The number of thioether (sulfide) groups is 1. The standard InChI is InChI=1S/C27H29N3O3S/c1-3-33-27(32)23-8-5-15-30(17-23)26(31)22-7-4-6-20(16-22)18-34-25-14-13-24(28-29-25)21-11-9-19(2)10-12-21/h4,6-7,9-14,16,23H,3,5,8,15,17-18H2,1-2H3. The van der Waals surface area contributed by atoms with Gasteiger partial charge in [-0.2, -0.15) is 0 Å². The zero-order valence-corrected chi connectivity index (χ0v) is 20.4. The average molecular weight is 476 g/mol. The highest BCUT2D eigenvalue weighted by molar-refractivity contribution is 7.98. The molecule has 4 rings (SSSR count). The van der Waals surface area contributed by atoms with Gasteiger partial charge in [0, 0.05) is 30.0 Å². The van der Waals surface area contributed by atoms with Gasteiger partial charge in [-0.05, 0) is 56.5 Å². The lowest BCUT2D eigenvalue weighted by atomic mass is 9.97. The molecule has 0 radical (unpaired) electrons. The Balaban J connectivity index is 1.36. The van der Waals surface area contributed by atoms with Gasteiger partial charge < -0.3 is 9.64 Å². The maximum Gasteiger partial charge on any atom is 0.310 e. The largest absolute Gasteiger partial charge is 0.466 e. The molecule has 2 aromatic carbocycles. The van der Waals surface area contributed by atoms with Crippen molar-refractivity contribution in [2.75, 3.05) is 19.7 Å². The number of hydrogen-bond acceptors (Lipinski definition) is 6. The van der Waals surface area contributed by atoms with Crippen molar-refractivity contribution in [1.29, 1.82) is 0 Å². The molecule has 0 N–H and O–H groups in total. The van der Waals surface area contributed by atoms with Crippen LogP contribution in [0.4, 0.5) is 0 Å². The monoisotopic (exact) mass is 475 g/mol. The van der Waals surface area contributed by atoms with Gasteiger partial charge in [0.1, 0.15) is 5.03 Å². The zero-order chi connectivity index (χ0) is 23.9. The summed E-state index contributed by atoms with van der Waals surface area (Å²) < 4.78 is 5.15. The first-order valence-electron chi connectivity index (χ1n) is 11.6. The maximum atomic E-state index is 13.1. The van der Waals surface area contributed by atoms with Gasteiger partial charge in [0.25, 0.3) is 5.91 Å². The van der Waals surface area contributed by atoms with Gasteiger partial charge in [-0.25, -0.2) is 0 Å². The highest BCUT2D eigenvalue weighted by atomic mass is 32.2. The summed E-state index contributed by atoms with van der Waals surface area (Å²) in [4.78, 5) is 27.0. The molecule has 0 aliphatic carbocycles. The number of nitrogens with zero attached hydrogens (tertiary/aromatic N) is 3. The molecule has 2 heterocycles. The molecular weight excluding hydrogens is 446 g/mol. The highest BCUT2D eigenvalue weighted by Crippen LogP contribution is 2.25. The van der Waals surface area contributed by atoms with E-state index in [1.165, 1.54) is 5.56 Å². The third-order valence-electron chi connectivity index (χ3n) is 5.88. The Morgan fingerprint density at radius 2 is 1.91 bits per heavy atom. The van der Waals surface area contributed by atoms with E-state index in [1.54, 1.807) is 23.6 Å². The second-order valence-corrected chi connectivity index (χ2v) is 9.45. The first-order chi connectivity index (χ1) is 16.5. The molecule has 0 bridgehead atoms. The first kappa shape index (κ1) is 24.0. The Bertz CT molecular complexity index is 1130.